The zero-order valence-corrected chi connectivity index (χ0v) is 14.7. The van der Waals surface area contributed by atoms with Gasteiger partial charge >= 0.3 is 6.09 Å². The highest BCUT2D eigenvalue weighted by Crippen LogP contribution is 2.30. The van der Waals surface area contributed by atoms with Crippen molar-refractivity contribution in [1.82, 2.24) is 5.32 Å². The summed E-state index contributed by atoms with van der Waals surface area (Å²) >= 11 is 3.30. The minimum absolute atomic E-state index is 0.0958. The molecular formula is C16H22BrFN2O2. The third-order valence-electron chi connectivity index (χ3n) is 3.49. The lowest BCUT2D eigenvalue weighted by Crippen LogP contribution is -2.46. The molecule has 1 N–H and O–H groups in total. The Kier molecular flexibility index (Phi) is 5.32. The number of ether oxygens (including phenoxy) is 1. The maximum Gasteiger partial charge on any atom is 0.407 e. The summed E-state index contributed by atoms with van der Waals surface area (Å²) in [6, 6.07) is 5.14. The molecule has 0 bridgehead atoms. The normalized spacial score (nSPS) is 16.5. The van der Waals surface area contributed by atoms with Crippen molar-refractivity contribution in [2.75, 3.05) is 18.0 Å². The summed E-state index contributed by atoms with van der Waals surface area (Å²) in [5.74, 6) is -0.258. The van der Waals surface area contributed by atoms with Gasteiger partial charge in [0.1, 0.15) is 11.4 Å². The number of amides is 1. The molecule has 1 fully saturated rings. The zero-order chi connectivity index (χ0) is 16.3. The topological polar surface area (TPSA) is 41.6 Å². The van der Waals surface area contributed by atoms with E-state index < -0.39 is 5.60 Å². The molecule has 1 aliphatic rings. The van der Waals surface area contributed by atoms with Crippen LogP contribution in [0.3, 0.4) is 0 Å². The van der Waals surface area contributed by atoms with Gasteiger partial charge < -0.3 is 15.0 Å². The summed E-state index contributed by atoms with van der Waals surface area (Å²) in [4.78, 5) is 13.9. The van der Waals surface area contributed by atoms with Crippen LogP contribution in [0.15, 0.2) is 22.7 Å². The second kappa shape index (κ2) is 6.86. The second-order valence-corrected chi connectivity index (χ2v) is 7.27. The standard InChI is InChI=1S/C16H22BrFN2O2/c1-16(2,3)22-15(21)19-11-7-9-20(10-8-11)13-6-4-5-12(18)14(13)17/h4-6,11H,7-10H2,1-3H3,(H,19,21). The lowest BCUT2D eigenvalue weighted by atomic mass is 10.0. The lowest BCUT2D eigenvalue weighted by Gasteiger charge is -2.34. The van der Waals surface area contributed by atoms with Gasteiger partial charge in [0.2, 0.25) is 0 Å². The molecule has 0 aliphatic carbocycles. The molecule has 1 heterocycles. The molecule has 0 unspecified atom stereocenters. The average molecular weight is 373 g/mol. The van der Waals surface area contributed by atoms with Crippen molar-refractivity contribution in [1.29, 1.82) is 0 Å². The first kappa shape index (κ1) is 17.1. The number of carbonyl (C=O) groups is 1. The molecule has 2 rings (SSSR count). The largest absolute Gasteiger partial charge is 0.444 e. The van der Waals surface area contributed by atoms with E-state index in [1.165, 1.54) is 6.07 Å². The third-order valence-corrected chi connectivity index (χ3v) is 4.27. The van der Waals surface area contributed by atoms with E-state index in [9.17, 15) is 9.18 Å². The monoisotopic (exact) mass is 372 g/mol. The van der Waals surface area contributed by atoms with Crippen molar-refractivity contribution >= 4 is 27.7 Å². The molecule has 1 aliphatic heterocycles. The first-order valence-corrected chi connectivity index (χ1v) is 8.24. The van der Waals surface area contributed by atoms with Crippen LogP contribution in [-0.4, -0.2) is 30.8 Å². The molecule has 122 valence electrons. The minimum atomic E-state index is -0.489. The molecule has 1 aromatic carbocycles. The fourth-order valence-electron chi connectivity index (χ4n) is 2.48. The lowest BCUT2D eigenvalue weighted by molar-refractivity contribution is 0.0497. The van der Waals surface area contributed by atoms with Crippen LogP contribution in [0.1, 0.15) is 33.6 Å². The van der Waals surface area contributed by atoms with Crippen LogP contribution < -0.4 is 10.2 Å². The number of anilines is 1. The Balaban J connectivity index is 1.88. The van der Waals surface area contributed by atoms with Crippen molar-refractivity contribution in [3.8, 4) is 0 Å². The summed E-state index contributed by atoms with van der Waals surface area (Å²) in [5.41, 5.74) is 0.368. The number of hydrogen-bond donors (Lipinski definition) is 1. The van der Waals surface area contributed by atoms with Gasteiger partial charge in [-0.15, -0.1) is 0 Å². The van der Waals surface area contributed by atoms with Gasteiger partial charge in [0.25, 0.3) is 0 Å². The summed E-state index contributed by atoms with van der Waals surface area (Å²) in [7, 11) is 0. The van der Waals surface area contributed by atoms with E-state index >= 15 is 0 Å². The molecule has 0 spiro atoms. The fraction of sp³-hybridized carbons (Fsp3) is 0.562. The number of alkyl carbamates (subject to hydrolysis) is 1. The summed E-state index contributed by atoms with van der Waals surface area (Å²) < 4.78 is 19.4. The Labute approximate surface area is 139 Å². The second-order valence-electron chi connectivity index (χ2n) is 6.48. The predicted octanol–water partition coefficient (Wildman–Crippen LogP) is 4.08. The van der Waals surface area contributed by atoms with Gasteiger partial charge in [-0.05, 0) is 61.7 Å². The number of piperidine rings is 1. The summed E-state index contributed by atoms with van der Waals surface area (Å²) in [6.45, 7) is 7.06. The number of benzene rings is 1. The number of nitrogens with zero attached hydrogens (tertiary/aromatic N) is 1. The van der Waals surface area contributed by atoms with Gasteiger partial charge in [-0.25, -0.2) is 9.18 Å². The van der Waals surface area contributed by atoms with E-state index in [1.54, 1.807) is 6.07 Å². The number of carbonyl (C=O) groups excluding carboxylic acids is 1. The number of nitrogens with one attached hydrogen (secondary N) is 1. The highest BCUT2D eigenvalue weighted by Gasteiger charge is 2.24. The van der Waals surface area contributed by atoms with Crippen LogP contribution in [-0.2, 0) is 4.74 Å². The highest BCUT2D eigenvalue weighted by atomic mass is 79.9. The van der Waals surface area contributed by atoms with Gasteiger partial charge in [-0.2, -0.15) is 0 Å². The summed E-state index contributed by atoms with van der Waals surface area (Å²) in [6.07, 6.45) is 1.24. The maximum atomic E-state index is 13.6. The SMILES string of the molecule is CC(C)(C)OC(=O)NC1CCN(c2cccc(F)c2Br)CC1. The Morgan fingerprint density at radius 1 is 1.36 bits per heavy atom. The Hall–Kier alpha value is -1.30. The molecule has 22 heavy (non-hydrogen) atoms. The van der Waals surface area contributed by atoms with E-state index in [4.69, 9.17) is 4.74 Å². The quantitative estimate of drug-likeness (QED) is 0.850. The first-order chi connectivity index (χ1) is 10.3. The Morgan fingerprint density at radius 2 is 2.00 bits per heavy atom. The van der Waals surface area contributed by atoms with Crippen molar-refractivity contribution < 1.29 is 13.9 Å². The zero-order valence-electron chi connectivity index (χ0n) is 13.2. The molecule has 0 aromatic heterocycles. The molecule has 4 nitrogen and oxygen atoms in total. The number of halogens is 2. The average Bonchev–Trinajstić information content (AvgIpc) is 2.41. The van der Waals surface area contributed by atoms with Gasteiger partial charge in [0.05, 0.1) is 10.2 Å². The van der Waals surface area contributed by atoms with Gasteiger partial charge in [0, 0.05) is 19.1 Å². The number of hydrogen-bond acceptors (Lipinski definition) is 3. The van der Waals surface area contributed by atoms with Crippen LogP contribution in [0.2, 0.25) is 0 Å². The molecule has 0 saturated carbocycles. The molecule has 1 aromatic rings. The Bertz CT molecular complexity index is 537. The molecule has 6 heteroatoms. The van der Waals surface area contributed by atoms with Crippen LogP contribution in [0, 0.1) is 5.82 Å². The minimum Gasteiger partial charge on any atom is -0.444 e. The summed E-state index contributed by atoms with van der Waals surface area (Å²) in [5, 5.41) is 2.90. The van der Waals surface area contributed by atoms with E-state index in [2.05, 4.69) is 26.1 Å². The number of rotatable bonds is 2. The smallest absolute Gasteiger partial charge is 0.407 e. The third kappa shape index (κ3) is 4.60. The Morgan fingerprint density at radius 3 is 2.59 bits per heavy atom. The van der Waals surface area contributed by atoms with Gasteiger partial charge in [-0.1, -0.05) is 6.07 Å². The molecular weight excluding hydrogens is 351 g/mol. The maximum absolute atomic E-state index is 13.6. The van der Waals surface area contributed by atoms with Crippen molar-refractivity contribution in [3.63, 3.8) is 0 Å². The van der Waals surface area contributed by atoms with E-state index in [0.717, 1.165) is 31.6 Å². The molecule has 1 amide bonds. The van der Waals surface area contributed by atoms with E-state index in [0.29, 0.717) is 4.47 Å². The van der Waals surface area contributed by atoms with Crippen LogP contribution in [0.5, 0.6) is 0 Å². The van der Waals surface area contributed by atoms with Crippen molar-refractivity contribution in [3.05, 3.63) is 28.5 Å². The van der Waals surface area contributed by atoms with Crippen molar-refractivity contribution in [2.24, 2.45) is 0 Å². The fourth-order valence-corrected chi connectivity index (χ4v) is 2.99. The molecule has 0 radical (unpaired) electrons. The van der Waals surface area contributed by atoms with Crippen LogP contribution in [0.25, 0.3) is 0 Å². The molecule has 1 saturated heterocycles. The van der Waals surface area contributed by atoms with Crippen LogP contribution in [0.4, 0.5) is 14.9 Å². The van der Waals surface area contributed by atoms with Crippen LogP contribution >= 0.6 is 15.9 Å². The highest BCUT2D eigenvalue weighted by molar-refractivity contribution is 9.10. The van der Waals surface area contributed by atoms with Gasteiger partial charge in [0.15, 0.2) is 0 Å². The van der Waals surface area contributed by atoms with E-state index in [1.807, 2.05) is 26.8 Å². The predicted molar refractivity (Wildman–Crippen MR) is 88.7 cm³/mol. The van der Waals surface area contributed by atoms with Crippen molar-refractivity contribution in [2.45, 2.75) is 45.3 Å². The van der Waals surface area contributed by atoms with E-state index in [-0.39, 0.29) is 18.0 Å². The van der Waals surface area contributed by atoms with Gasteiger partial charge in [-0.3, -0.25) is 0 Å². The first-order valence-electron chi connectivity index (χ1n) is 7.45. The molecule has 0 atom stereocenters.